The molecule has 0 aliphatic heterocycles. The van der Waals surface area contributed by atoms with Gasteiger partial charge in [0, 0.05) is 11.4 Å². The standard InChI is InChI=1S/C23H23BrN2O4/c1-14(2)29-18-8-9-19(15(3)12-18)26-22(27)13-16-4-6-17(7-5-16)25-23(28)20-10-11-21(24)30-20/h4-12,14H,13H2,1-3H3,(H,25,28)(H,26,27). The highest BCUT2D eigenvalue weighted by atomic mass is 79.9. The summed E-state index contributed by atoms with van der Waals surface area (Å²) in [5, 5.41) is 5.68. The zero-order chi connectivity index (χ0) is 21.7. The van der Waals surface area contributed by atoms with Gasteiger partial charge >= 0.3 is 0 Å². The van der Waals surface area contributed by atoms with E-state index < -0.39 is 0 Å². The van der Waals surface area contributed by atoms with Crippen LogP contribution in [0.5, 0.6) is 5.75 Å². The second-order valence-electron chi connectivity index (χ2n) is 7.12. The molecule has 0 fully saturated rings. The normalized spacial score (nSPS) is 10.7. The number of hydrogen-bond donors (Lipinski definition) is 2. The van der Waals surface area contributed by atoms with Crippen molar-refractivity contribution in [3.63, 3.8) is 0 Å². The van der Waals surface area contributed by atoms with E-state index in [1.54, 1.807) is 36.4 Å². The van der Waals surface area contributed by atoms with Gasteiger partial charge in [-0.25, -0.2) is 0 Å². The Labute approximate surface area is 183 Å². The van der Waals surface area contributed by atoms with E-state index in [0.29, 0.717) is 10.4 Å². The molecule has 0 bridgehead atoms. The molecule has 1 heterocycles. The summed E-state index contributed by atoms with van der Waals surface area (Å²) in [6.07, 6.45) is 0.321. The lowest BCUT2D eigenvalue weighted by Gasteiger charge is -2.13. The van der Waals surface area contributed by atoms with E-state index in [2.05, 4.69) is 26.6 Å². The highest BCUT2D eigenvalue weighted by Crippen LogP contribution is 2.23. The monoisotopic (exact) mass is 470 g/mol. The summed E-state index contributed by atoms with van der Waals surface area (Å²) in [7, 11) is 0. The summed E-state index contributed by atoms with van der Waals surface area (Å²) >= 11 is 3.17. The van der Waals surface area contributed by atoms with Crippen molar-refractivity contribution in [2.24, 2.45) is 0 Å². The van der Waals surface area contributed by atoms with Crippen molar-refractivity contribution in [2.75, 3.05) is 10.6 Å². The van der Waals surface area contributed by atoms with Gasteiger partial charge in [-0.15, -0.1) is 0 Å². The van der Waals surface area contributed by atoms with Crippen LogP contribution in [0.3, 0.4) is 0 Å². The lowest BCUT2D eigenvalue weighted by molar-refractivity contribution is -0.115. The predicted molar refractivity (Wildman–Crippen MR) is 120 cm³/mol. The zero-order valence-electron chi connectivity index (χ0n) is 17.0. The second kappa shape index (κ2) is 9.63. The lowest BCUT2D eigenvalue weighted by atomic mass is 10.1. The van der Waals surface area contributed by atoms with Crippen LogP contribution in [0.25, 0.3) is 0 Å². The van der Waals surface area contributed by atoms with Crippen LogP contribution in [0.15, 0.2) is 63.7 Å². The third kappa shape index (κ3) is 5.97. The molecule has 0 atom stereocenters. The Morgan fingerprint density at radius 1 is 1.03 bits per heavy atom. The van der Waals surface area contributed by atoms with E-state index in [9.17, 15) is 9.59 Å². The number of anilines is 2. The largest absolute Gasteiger partial charge is 0.491 e. The summed E-state index contributed by atoms with van der Waals surface area (Å²) in [5.74, 6) is 0.532. The Kier molecular flexibility index (Phi) is 6.95. The maximum Gasteiger partial charge on any atom is 0.291 e. The molecule has 0 aliphatic carbocycles. The molecule has 30 heavy (non-hydrogen) atoms. The van der Waals surface area contributed by atoms with Crippen molar-refractivity contribution in [1.29, 1.82) is 0 Å². The van der Waals surface area contributed by atoms with Crippen LogP contribution in [0.2, 0.25) is 0 Å². The first-order valence-corrected chi connectivity index (χ1v) is 10.3. The van der Waals surface area contributed by atoms with Crippen molar-refractivity contribution in [1.82, 2.24) is 0 Å². The number of carbonyl (C=O) groups is 2. The Morgan fingerprint density at radius 2 is 1.77 bits per heavy atom. The molecule has 2 amide bonds. The molecule has 156 valence electrons. The molecule has 1 aromatic heterocycles. The van der Waals surface area contributed by atoms with Crippen molar-refractivity contribution >= 4 is 39.1 Å². The van der Waals surface area contributed by atoms with E-state index in [4.69, 9.17) is 9.15 Å². The fourth-order valence-corrected chi connectivity index (χ4v) is 3.14. The fraction of sp³-hybridized carbons (Fsp3) is 0.217. The molecule has 6 nitrogen and oxygen atoms in total. The van der Waals surface area contributed by atoms with Gasteiger partial charge in [-0.05, 0) is 90.3 Å². The van der Waals surface area contributed by atoms with Crippen LogP contribution in [0.1, 0.15) is 35.5 Å². The molecule has 2 N–H and O–H groups in total. The average molecular weight is 471 g/mol. The molecule has 0 spiro atoms. The second-order valence-corrected chi connectivity index (χ2v) is 7.90. The summed E-state index contributed by atoms with van der Waals surface area (Å²) in [6.45, 7) is 5.87. The summed E-state index contributed by atoms with van der Waals surface area (Å²) in [6, 6.07) is 16.0. The zero-order valence-corrected chi connectivity index (χ0v) is 18.6. The average Bonchev–Trinajstić information content (AvgIpc) is 3.12. The first kappa shape index (κ1) is 21.6. The SMILES string of the molecule is Cc1cc(OC(C)C)ccc1NC(=O)Cc1ccc(NC(=O)c2ccc(Br)o2)cc1. The van der Waals surface area contributed by atoms with E-state index in [0.717, 1.165) is 22.6 Å². The summed E-state index contributed by atoms with van der Waals surface area (Å²) in [5.41, 5.74) is 3.14. The Hall–Kier alpha value is -3.06. The number of halogens is 1. The molecule has 3 aromatic rings. The number of aryl methyl sites for hydroxylation is 1. The van der Waals surface area contributed by atoms with Gasteiger partial charge in [0.1, 0.15) is 5.75 Å². The minimum atomic E-state index is -0.341. The van der Waals surface area contributed by atoms with E-state index in [1.807, 2.05) is 39.0 Å². The highest BCUT2D eigenvalue weighted by Gasteiger charge is 2.11. The molecule has 7 heteroatoms. The van der Waals surface area contributed by atoms with E-state index in [1.165, 1.54) is 0 Å². The Balaban J connectivity index is 1.56. The molecule has 0 unspecified atom stereocenters. The molecule has 2 aromatic carbocycles. The lowest BCUT2D eigenvalue weighted by Crippen LogP contribution is -2.15. The topological polar surface area (TPSA) is 80.6 Å². The molecular weight excluding hydrogens is 448 g/mol. The Morgan fingerprint density at radius 3 is 2.37 bits per heavy atom. The molecule has 3 rings (SSSR count). The van der Waals surface area contributed by atoms with Crippen LogP contribution in [0, 0.1) is 6.92 Å². The summed E-state index contributed by atoms with van der Waals surface area (Å²) < 4.78 is 11.4. The van der Waals surface area contributed by atoms with Crippen LogP contribution >= 0.6 is 15.9 Å². The first-order chi connectivity index (χ1) is 14.3. The van der Waals surface area contributed by atoms with Crippen LogP contribution in [-0.4, -0.2) is 17.9 Å². The minimum absolute atomic E-state index is 0.0959. The highest BCUT2D eigenvalue weighted by molar-refractivity contribution is 9.10. The van der Waals surface area contributed by atoms with Gasteiger partial charge in [-0.1, -0.05) is 12.1 Å². The molecule has 0 radical (unpaired) electrons. The number of nitrogens with one attached hydrogen (secondary N) is 2. The number of carbonyl (C=O) groups excluding carboxylic acids is 2. The van der Waals surface area contributed by atoms with Crippen LogP contribution in [0.4, 0.5) is 11.4 Å². The van der Waals surface area contributed by atoms with Crippen LogP contribution in [-0.2, 0) is 11.2 Å². The molecular formula is C23H23BrN2O4. The minimum Gasteiger partial charge on any atom is -0.491 e. The molecule has 0 saturated heterocycles. The number of hydrogen-bond acceptors (Lipinski definition) is 4. The third-order valence-electron chi connectivity index (χ3n) is 4.22. The van der Waals surface area contributed by atoms with Gasteiger partial charge in [0.15, 0.2) is 10.4 Å². The smallest absolute Gasteiger partial charge is 0.291 e. The van der Waals surface area contributed by atoms with Gasteiger partial charge in [0.2, 0.25) is 5.91 Å². The summed E-state index contributed by atoms with van der Waals surface area (Å²) in [4.78, 5) is 24.5. The number of rotatable bonds is 7. The number of amides is 2. The van der Waals surface area contributed by atoms with Gasteiger partial charge in [0.05, 0.1) is 12.5 Å². The number of ether oxygens (including phenoxy) is 1. The van der Waals surface area contributed by atoms with Gasteiger partial charge in [0.25, 0.3) is 5.91 Å². The van der Waals surface area contributed by atoms with E-state index in [-0.39, 0.29) is 30.1 Å². The predicted octanol–water partition coefficient (Wildman–Crippen LogP) is 5.57. The van der Waals surface area contributed by atoms with Gasteiger partial charge in [-0.2, -0.15) is 0 Å². The van der Waals surface area contributed by atoms with Crippen molar-refractivity contribution in [3.8, 4) is 5.75 Å². The van der Waals surface area contributed by atoms with Crippen molar-refractivity contribution in [3.05, 3.63) is 76.2 Å². The van der Waals surface area contributed by atoms with Crippen LogP contribution < -0.4 is 15.4 Å². The number of furan rings is 1. The van der Waals surface area contributed by atoms with Crippen molar-refractivity contribution in [2.45, 2.75) is 33.3 Å². The van der Waals surface area contributed by atoms with E-state index >= 15 is 0 Å². The molecule has 0 saturated carbocycles. The van der Waals surface area contributed by atoms with Gasteiger partial charge < -0.3 is 19.8 Å². The first-order valence-electron chi connectivity index (χ1n) is 9.53. The van der Waals surface area contributed by atoms with Crippen molar-refractivity contribution < 1.29 is 18.7 Å². The molecule has 0 aliphatic rings. The maximum absolute atomic E-state index is 12.4. The van der Waals surface area contributed by atoms with Gasteiger partial charge in [-0.3, -0.25) is 9.59 Å². The third-order valence-corrected chi connectivity index (χ3v) is 4.64. The quantitative estimate of drug-likeness (QED) is 0.472. The Bertz CT molecular complexity index is 1040. The number of benzene rings is 2. The fourth-order valence-electron chi connectivity index (χ4n) is 2.84. The maximum atomic E-state index is 12.4.